The van der Waals surface area contributed by atoms with E-state index in [1.54, 1.807) is 0 Å². The highest BCUT2D eigenvalue weighted by Gasteiger charge is 2.08. The minimum atomic E-state index is 0.499. The molecule has 0 saturated carbocycles. The van der Waals surface area contributed by atoms with Crippen molar-refractivity contribution in [1.82, 2.24) is 5.16 Å². The molecule has 1 aromatic rings. The van der Waals surface area contributed by atoms with E-state index in [-0.39, 0.29) is 0 Å². The SMILES string of the molecule is CCc1noc(C)c1CCl. The van der Waals surface area contributed by atoms with Crippen molar-refractivity contribution in [3.05, 3.63) is 17.0 Å². The summed E-state index contributed by atoms with van der Waals surface area (Å²) in [4.78, 5) is 0. The molecule has 0 bridgehead atoms. The zero-order valence-corrected chi connectivity index (χ0v) is 6.90. The van der Waals surface area contributed by atoms with Crippen LogP contribution in [0.1, 0.15) is 23.9 Å². The summed E-state index contributed by atoms with van der Waals surface area (Å²) < 4.78 is 4.94. The average molecular weight is 160 g/mol. The molecule has 0 saturated heterocycles. The van der Waals surface area contributed by atoms with Crippen LogP contribution >= 0.6 is 11.6 Å². The molecular formula is C7H10ClNO. The minimum absolute atomic E-state index is 0.499. The fraction of sp³-hybridized carbons (Fsp3) is 0.571. The van der Waals surface area contributed by atoms with Crippen molar-refractivity contribution < 1.29 is 4.52 Å². The van der Waals surface area contributed by atoms with Crippen LogP contribution in [0.5, 0.6) is 0 Å². The van der Waals surface area contributed by atoms with Gasteiger partial charge in [-0.2, -0.15) is 0 Å². The van der Waals surface area contributed by atoms with Gasteiger partial charge in [0.2, 0.25) is 0 Å². The fourth-order valence-corrected chi connectivity index (χ4v) is 1.23. The van der Waals surface area contributed by atoms with Crippen molar-refractivity contribution in [3.8, 4) is 0 Å². The lowest BCUT2D eigenvalue weighted by molar-refractivity contribution is 0.390. The molecule has 0 fully saturated rings. The van der Waals surface area contributed by atoms with E-state index < -0.39 is 0 Å². The molecule has 2 nitrogen and oxygen atoms in total. The predicted molar refractivity (Wildman–Crippen MR) is 40.2 cm³/mol. The molecule has 1 heterocycles. The monoisotopic (exact) mass is 159 g/mol. The Morgan fingerprint density at radius 2 is 2.30 bits per heavy atom. The second-order valence-electron chi connectivity index (χ2n) is 2.15. The summed E-state index contributed by atoms with van der Waals surface area (Å²) in [5, 5.41) is 3.85. The Morgan fingerprint density at radius 3 is 2.70 bits per heavy atom. The Hall–Kier alpha value is -0.500. The van der Waals surface area contributed by atoms with E-state index in [0.717, 1.165) is 23.4 Å². The van der Waals surface area contributed by atoms with Crippen LogP contribution in [-0.4, -0.2) is 5.16 Å². The van der Waals surface area contributed by atoms with Crippen molar-refractivity contribution in [1.29, 1.82) is 0 Å². The van der Waals surface area contributed by atoms with E-state index in [2.05, 4.69) is 5.16 Å². The third-order valence-corrected chi connectivity index (χ3v) is 1.80. The summed E-state index contributed by atoms with van der Waals surface area (Å²) in [5.74, 6) is 1.34. The second kappa shape index (κ2) is 3.06. The van der Waals surface area contributed by atoms with Gasteiger partial charge >= 0.3 is 0 Å². The van der Waals surface area contributed by atoms with Gasteiger partial charge in [0.15, 0.2) is 0 Å². The molecule has 0 aliphatic heterocycles. The molecule has 0 spiro atoms. The van der Waals surface area contributed by atoms with Gasteiger partial charge in [0.1, 0.15) is 5.76 Å². The van der Waals surface area contributed by atoms with Gasteiger partial charge in [-0.05, 0) is 13.3 Å². The summed E-state index contributed by atoms with van der Waals surface area (Å²) in [6.45, 7) is 3.91. The van der Waals surface area contributed by atoms with Gasteiger partial charge < -0.3 is 4.52 Å². The first-order chi connectivity index (χ1) is 4.79. The summed E-state index contributed by atoms with van der Waals surface area (Å²) in [6.07, 6.45) is 0.888. The lowest BCUT2D eigenvalue weighted by atomic mass is 10.2. The van der Waals surface area contributed by atoms with Crippen LogP contribution < -0.4 is 0 Å². The lowest BCUT2D eigenvalue weighted by Gasteiger charge is -1.90. The van der Waals surface area contributed by atoms with Crippen LogP contribution in [0.3, 0.4) is 0 Å². The number of hydrogen-bond acceptors (Lipinski definition) is 2. The molecule has 56 valence electrons. The molecule has 0 unspecified atom stereocenters. The van der Waals surface area contributed by atoms with Crippen LogP contribution in [0, 0.1) is 6.92 Å². The molecular weight excluding hydrogens is 150 g/mol. The van der Waals surface area contributed by atoms with Gasteiger partial charge in [-0.15, -0.1) is 11.6 Å². The molecule has 3 heteroatoms. The third-order valence-electron chi connectivity index (χ3n) is 1.53. The Balaban J connectivity index is 3.01. The van der Waals surface area contributed by atoms with Gasteiger partial charge in [0, 0.05) is 5.56 Å². The molecule has 0 N–H and O–H groups in total. The Kier molecular flexibility index (Phi) is 2.33. The summed E-state index contributed by atoms with van der Waals surface area (Å²) >= 11 is 5.66. The van der Waals surface area contributed by atoms with Crippen LogP contribution in [-0.2, 0) is 12.3 Å². The number of rotatable bonds is 2. The topological polar surface area (TPSA) is 26.0 Å². The summed E-state index contributed by atoms with van der Waals surface area (Å²) in [5.41, 5.74) is 2.02. The van der Waals surface area contributed by atoms with Crippen molar-refractivity contribution in [3.63, 3.8) is 0 Å². The first-order valence-corrected chi connectivity index (χ1v) is 3.83. The first-order valence-electron chi connectivity index (χ1n) is 3.29. The molecule has 0 aromatic carbocycles. The highest BCUT2D eigenvalue weighted by Crippen LogP contribution is 2.15. The summed E-state index contributed by atoms with van der Waals surface area (Å²) in [7, 11) is 0. The molecule has 0 amide bonds. The Bertz CT molecular complexity index is 219. The van der Waals surface area contributed by atoms with Gasteiger partial charge in [-0.25, -0.2) is 0 Å². The van der Waals surface area contributed by atoms with Crippen LogP contribution in [0.2, 0.25) is 0 Å². The van der Waals surface area contributed by atoms with Crippen molar-refractivity contribution >= 4 is 11.6 Å². The molecule has 0 radical (unpaired) electrons. The van der Waals surface area contributed by atoms with Crippen LogP contribution in [0.4, 0.5) is 0 Å². The maximum absolute atomic E-state index is 5.66. The zero-order chi connectivity index (χ0) is 7.56. The Labute approximate surface area is 65.2 Å². The van der Waals surface area contributed by atoms with E-state index in [1.165, 1.54) is 0 Å². The minimum Gasteiger partial charge on any atom is -0.361 e. The molecule has 0 aliphatic rings. The quantitative estimate of drug-likeness (QED) is 0.619. The van der Waals surface area contributed by atoms with Crippen molar-refractivity contribution in [2.24, 2.45) is 0 Å². The number of halogens is 1. The normalized spacial score (nSPS) is 10.3. The number of aryl methyl sites for hydroxylation is 2. The third kappa shape index (κ3) is 1.16. The van der Waals surface area contributed by atoms with Gasteiger partial charge in [-0.1, -0.05) is 12.1 Å². The highest BCUT2D eigenvalue weighted by atomic mass is 35.5. The molecule has 1 rings (SSSR count). The van der Waals surface area contributed by atoms with E-state index >= 15 is 0 Å². The van der Waals surface area contributed by atoms with Gasteiger partial charge in [-0.3, -0.25) is 0 Å². The van der Waals surface area contributed by atoms with E-state index in [4.69, 9.17) is 16.1 Å². The van der Waals surface area contributed by atoms with Gasteiger partial charge in [0.05, 0.1) is 11.6 Å². The van der Waals surface area contributed by atoms with E-state index in [9.17, 15) is 0 Å². The van der Waals surface area contributed by atoms with Crippen molar-refractivity contribution in [2.75, 3.05) is 0 Å². The maximum atomic E-state index is 5.66. The van der Waals surface area contributed by atoms with Crippen molar-refractivity contribution in [2.45, 2.75) is 26.1 Å². The molecule has 0 atom stereocenters. The number of aromatic nitrogens is 1. The summed E-state index contributed by atoms with van der Waals surface area (Å²) in [6, 6.07) is 0. The number of alkyl halides is 1. The number of hydrogen-bond donors (Lipinski definition) is 0. The largest absolute Gasteiger partial charge is 0.361 e. The number of nitrogens with zero attached hydrogens (tertiary/aromatic N) is 1. The molecule has 1 aromatic heterocycles. The molecule has 10 heavy (non-hydrogen) atoms. The standard InChI is InChI=1S/C7H10ClNO/c1-3-7-6(4-8)5(2)10-9-7/h3-4H2,1-2H3. The fourth-order valence-electron chi connectivity index (χ4n) is 0.886. The molecule has 0 aliphatic carbocycles. The smallest absolute Gasteiger partial charge is 0.138 e. The van der Waals surface area contributed by atoms with Crippen LogP contribution in [0.25, 0.3) is 0 Å². The first kappa shape index (κ1) is 7.61. The average Bonchev–Trinajstić information content (AvgIpc) is 2.30. The van der Waals surface area contributed by atoms with E-state index in [1.807, 2.05) is 13.8 Å². The predicted octanol–water partition coefficient (Wildman–Crippen LogP) is 2.28. The van der Waals surface area contributed by atoms with E-state index in [0.29, 0.717) is 5.88 Å². The Morgan fingerprint density at radius 1 is 1.60 bits per heavy atom. The van der Waals surface area contributed by atoms with Gasteiger partial charge in [0.25, 0.3) is 0 Å². The highest BCUT2D eigenvalue weighted by molar-refractivity contribution is 6.17. The second-order valence-corrected chi connectivity index (χ2v) is 2.42. The maximum Gasteiger partial charge on any atom is 0.138 e. The lowest BCUT2D eigenvalue weighted by Crippen LogP contribution is -1.86. The zero-order valence-electron chi connectivity index (χ0n) is 6.15. The van der Waals surface area contributed by atoms with Crippen LogP contribution in [0.15, 0.2) is 4.52 Å².